The first-order valence-corrected chi connectivity index (χ1v) is 12.2. The summed E-state index contributed by atoms with van der Waals surface area (Å²) >= 11 is 3.36. The molecule has 0 bridgehead atoms. The van der Waals surface area contributed by atoms with Crippen LogP contribution in [0.3, 0.4) is 0 Å². The molecule has 2 N–H and O–H groups in total. The lowest BCUT2D eigenvalue weighted by Crippen LogP contribution is -2.15. The van der Waals surface area contributed by atoms with Crippen LogP contribution in [0, 0.1) is 0 Å². The molecule has 0 unspecified atom stereocenters. The zero-order chi connectivity index (χ0) is 23.1. The van der Waals surface area contributed by atoms with E-state index in [0.717, 1.165) is 4.47 Å². The van der Waals surface area contributed by atoms with E-state index < -0.39 is 10.0 Å². The van der Waals surface area contributed by atoms with Crippen LogP contribution < -0.4 is 19.5 Å². The molecule has 0 saturated heterocycles. The first-order valence-electron chi connectivity index (χ1n) is 9.92. The number of carbonyl (C=O) groups is 1. The Balaban J connectivity index is 1.71. The minimum atomic E-state index is -3.79. The summed E-state index contributed by atoms with van der Waals surface area (Å²) in [6, 6.07) is 17.7. The molecule has 0 aliphatic rings. The van der Waals surface area contributed by atoms with Crippen molar-refractivity contribution in [2.75, 3.05) is 23.3 Å². The van der Waals surface area contributed by atoms with E-state index in [9.17, 15) is 13.2 Å². The van der Waals surface area contributed by atoms with Gasteiger partial charge in [-0.2, -0.15) is 0 Å². The van der Waals surface area contributed by atoms with Gasteiger partial charge in [-0.25, -0.2) is 8.42 Å². The summed E-state index contributed by atoms with van der Waals surface area (Å²) in [5, 5.41) is 2.76. The standard InChI is InChI=1S/C23H23BrN2O5S/c1-3-30-19-10-6-18(7-11-19)26-32(28,29)20-12-8-17(9-13-20)25-23(27)21-15-16(24)5-14-22(21)31-4-2/h5-15,26H,3-4H2,1-2H3,(H,25,27). The Labute approximate surface area is 195 Å². The summed E-state index contributed by atoms with van der Waals surface area (Å²) in [6.07, 6.45) is 0. The van der Waals surface area contributed by atoms with Gasteiger partial charge in [0.2, 0.25) is 0 Å². The molecule has 1 amide bonds. The Morgan fingerprint density at radius 2 is 1.50 bits per heavy atom. The highest BCUT2D eigenvalue weighted by Crippen LogP contribution is 2.25. The van der Waals surface area contributed by atoms with E-state index in [1.807, 2.05) is 13.8 Å². The predicted octanol–water partition coefficient (Wildman–Crippen LogP) is 5.30. The van der Waals surface area contributed by atoms with Gasteiger partial charge in [-0.1, -0.05) is 15.9 Å². The highest BCUT2D eigenvalue weighted by molar-refractivity contribution is 9.10. The number of carbonyl (C=O) groups excluding carboxylic acids is 1. The summed E-state index contributed by atoms with van der Waals surface area (Å²) < 4.78 is 39.5. The van der Waals surface area contributed by atoms with Crippen LogP contribution in [-0.4, -0.2) is 27.5 Å². The summed E-state index contributed by atoms with van der Waals surface area (Å²) in [5.41, 5.74) is 1.25. The number of anilines is 2. The Morgan fingerprint density at radius 3 is 2.12 bits per heavy atom. The molecule has 3 aromatic rings. The first-order chi connectivity index (χ1) is 15.3. The average Bonchev–Trinajstić information content (AvgIpc) is 2.77. The van der Waals surface area contributed by atoms with Crippen molar-refractivity contribution in [3.05, 3.63) is 76.8 Å². The number of amides is 1. The van der Waals surface area contributed by atoms with E-state index in [1.54, 1.807) is 42.5 Å². The Kier molecular flexibility index (Phi) is 7.76. The largest absolute Gasteiger partial charge is 0.494 e. The van der Waals surface area contributed by atoms with Crippen LogP contribution in [0.2, 0.25) is 0 Å². The topological polar surface area (TPSA) is 93.7 Å². The van der Waals surface area contributed by atoms with E-state index >= 15 is 0 Å². The fraction of sp³-hybridized carbons (Fsp3) is 0.174. The van der Waals surface area contributed by atoms with Crippen LogP contribution in [0.4, 0.5) is 11.4 Å². The predicted molar refractivity (Wildman–Crippen MR) is 128 cm³/mol. The molecule has 0 aliphatic carbocycles. The lowest BCUT2D eigenvalue weighted by molar-refractivity contribution is 0.102. The fourth-order valence-electron chi connectivity index (χ4n) is 2.88. The number of nitrogens with one attached hydrogen (secondary N) is 2. The molecular formula is C23H23BrN2O5S. The molecule has 0 atom stereocenters. The molecule has 7 nitrogen and oxygen atoms in total. The Bertz CT molecular complexity index is 1180. The van der Waals surface area contributed by atoms with Crippen LogP contribution >= 0.6 is 15.9 Å². The number of rotatable bonds is 9. The quantitative estimate of drug-likeness (QED) is 0.400. The third-order valence-corrected chi connectivity index (χ3v) is 6.22. The molecule has 0 radical (unpaired) electrons. The van der Waals surface area contributed by atoms with Gasteiger partial charge in [-0.05, 0) is 80.6 Å². The number of ether oxygens (including phenoxy) is 2. The van der Waals surface area contributed by atoms with Crippen molar-refractivity contribution in [1.82, 2.24) is 0 Å². The smallest absolute Gasteiger partial charge is 0.261 e. The zero-order valence-corrected chi connectivity index (χ0v) is 20.0. The third kappa shape index (κ3) is 6.02. The van der Waals surface area contributed by atoms with E-state index in [0.29, 0.717) is 41.7 Å². The van der Waals surface area contributed by atoms with Gasteiger partial charge in [-0.15, -0.1) is 0 Å². The minimum absolute atomic E-state index is 0.0712. The molecule has 3 aromatic carbocycles. The Morgan fingerprint density at radius 1 is 0.875 bits per heavy atom. The summed E-state index contributed by atoms with van der Waals surface area (Å²) in [4.78, 5) is 12.8. The molecule has 32 heavy (non-hydrogen) atoms. The average molecular weight is 519 g/mol. The maximum absolute atomic E-state index is 12.7. The number of hydrogen-bond acceptors (Lipinski definition) is 5. The van der Waals surface area contributed by atoms with Gasteiger partial charge >= 0.3 is 0 Å². The number of benzene rings is 3. The molecule has 9 heteroatoms. The van der Waals surface area contributed by atoms with Gasteiger partial charge in [-0.3, -0.25) is 9.52 Å². The number of hydrogen-bond donors (Lipinski definition) is 2. The molecule has 0 aromatic heterocycles. The second-order valence-corrected chi connectivity index (χ2v) is 9.21. The second kappa shape index (κ2) is 10.5. The molecule has 168 valence electrons. The number of halogens is 1. The van der Waals surface area contributed by atoms with Gasteiger partial charge in [0.15, 0.2) is 0 Å². The van der Waals surface area contributed by atoms with Crippen molar-refractivity contribution >= 4 is 43.2 Å². The lowest BCUT2D eigenvalue weighted by atomic mass is 10.2. The normalized spacial score (nSPS) is 11.0. The van der Waals surface area contributed by atoms with Crippen molar-refractivity contribution in [2.24, 2.45) is 0 Å². The lowest BCUT2D eigenvalue weighted by Gasteiger charge is -2.12. The molecule has 0 saturated carbocycles. The molecule has 0 spiro atoms. The molecular weight excluding hydrogens is 496 g/mol. The highest BCUT2D eigenvalue weighted by Gasteiger charge is 2.16. The summed E-state index contributed by atoms with van der Waals surface area (Å²) in [7, 11) is -3.79. The molecule has 3 rings (SSSR count). The fourth-order valence-corrected chi connectivity index (χ4v) is 4.30. The molecule has 0 aliphatic heterocycles. The second-order valence-electron chi connectivity index (χ2n) is 6.61. The number of sulfonamides is 1. The van der Waals surface area contributed by atoms with E-state index in [2.05, 4.69) is 26.0 Å². The van der Waals surface area contributed by atoms with Gasteiger partial charge in [0.1, 0.15) is 11.5 Å². The summed E-state index contributed by atoms with van der Waals surface area (Å²) in [5.74, 6) is 0.762. The van der Waals surface area contributed by atoms with Crippen molar-refractivity contribution < 1.29 is 22.7 Å². The summed E-state index contributed by atoms with van der Waals surface area (Å²) in [6.45, 7) is 4.67. The molecule has 0 heterocycles. The SMILES string of the molecule is CCOc1ccc(NS(=O)(=O)c2ccc(NC(=O)c3cc(Br)ccc3OCC)cc2)cc1. The first kappa shape index (κ1) is 23.6. The van der Waals surface area contributed by atoms with Crippen molar-refractivity contribution in [1.29, 1.82) is 0 Å². The van der Waals surface area contributed by atoms with Crippen LogP contribution in [0.15, 0.2) is 76.1 Å². The van der Waals surface area contributed by atoms with Crippen LogP contribution in [0.5, 0.6) is 11.5 Å². The highest BCUT2D eigenvalue weighted by atomic mass is 79.9. The van der Waals surface area contributed by atoms with Crippen LogP contribution in [0.25, 0.3) is 0 Å². The van der Waals surface area contributed by atoms with Crippen molar-refractivity contribution in [3.63, 3.8) is 0 Å². The van der Waals surface area contributed by atoms with Crippen LogP contribution in [-0.2, 0) is 10.0 Å². The van der Waals surface area contributed by atoms with E-state index in [1.165, 1.54) is 24.3 Å². The van der Waals surface area contributed by atoms with Gasteiger partial charge in [0.05, 0.1) is 23.7 Å². The maximum Gasteiger partial charge on any atom is 0.261 e. The van der Waals surface area contributed by atoms with Gasteiger partial charge < -0.3 is 14.8 Å². The minimum Gasteiger partial charge on any atom is -0.494 e. The monoisotopic (exact) mass is 518 g/mol. The van der Waals surface area contributed by atoms with E-state index in [4.69, 9.17) is 9.47 Å². The maximum atomic E-state index is 12.7. The Hall–Kier alpha value is -3.04. The van der Waals surface area contributed by atoms with Gasteiger partial charge in [0, 0.05) is 15.8 Å². The van der Waals surface area contributed by atoms with Crippen molar-refractivity contribution in [2.45, 2.75) is 18.7 Å². The molecule has 0 fully saturated rings. The van der Waals surface area contributed by atoms with Crippen molar-refractivity contribution in [3.8, 4) is 11.5 Å². The third-order valence-electron chi connectivity index (χ3n) is 4.33. The van der Waals surface area contributed by atoms with Crippen LogP contribution in [0.1, 0.15) is 24.2 Å². The van der Waals surface area contributed by atoms with E-state index in [-0.39, 0.29) is 10.8 Å². The zero-order valence-electron chi connectivity index (χ0n) is 17.6. The van der Waals surface area contributed by atoms with Gasteiger partial charge in [0.25, 0.3) is 15.9 Å².